The van der Waals surface area contributed by atoms with E-state index in [0.29, 0.717) is 0 Å². The first kappa shape index (κ1) is 26.2. The van der Waals surface area contributed by atoms with E-state index in [2.05, 4.69) is 56.6 Å². The molecular weight excluding hydrogens is 338 g/mol. The number of hydrogen-bond donors (Lipinski definition) is 0. The Bertz CT molecular complexity index is 303. The Morgan fingerprint density at radius 3 is 1.54 bits per heavy atom. The maximum Gasteiger partial charge on any atom is 0.0444 e. The molecule has 0 amide bonds. The van der Waals surface area contributed by atoms with Crippen molar-refractivity contribution in [2.24, 2.45) is 5.92 Å². The van der Waals surface area contributed by atoms with Gasteiger partial charge in [-0.1, -0.05) is 27.7 Å². The second-order valence-electron chi connectivity index (χ2n) is 7.89. The number of piperidine rings is 1. The normalized spacial score (nSPS) is 35.5. The highest BCUT2D eigenvalue weighted by Crippen LogP contribution is 2.46. The first-order valence-corrected chi connectivity index (χ1v) is 12.3. The van der Waals surface area contributed by atoms with Crippen LogP contribution in [0.5, 0.6) is 0 Å². The molecule has 4 rings (SSSR count). The maximum absolute atomic E-state index is 2.52. The molecule has 0 radical (unpaired) electrons. The van der Waals surface area contributed by atoms with Crippen LogP contribution < -0.4 is 0 Å². The van der Waals surface area contributed by atoms with Crippen molar-refractivity contribution >= 4 is 11.8 Å². The van der Waals surface area contributed by atoms with Gasteiger partial charge in [0.1, 0.15) is 0 Å². The minimum absolute atomic E-state index is 0.810. The average Bonchev–Trinajstić information content (AvgIpc) is 3.04. The molecule has 0 aromatic heterocycles. The molecule has 0 unspecified atom stereocenters. The Kier molecular flexibility index (Phi) is 14.4. The van der Waals surface area contributed by atoms with Crippen molar-refractivity contribution in [3.8, 4) is 0 Å². The molecule has 4 aliphatic rings. The summed E-state index contributed by atoms with van der Waals surface area (Å²) in [6.07, 6.45) is 5.75. The van der Waals surface area contributed by atoms with Crippen LogP contribution >= 0.6 is 11.8 Å². The molecule has 0 aromatic rings. The first-order valence-electron chi connectivity index (χ1n) is 11.1. The number of thioether (sulfide) groups is 1. The van der Waals surface area contributed by atoms with Gasteiger partial charge < -0.3 is 9.80 Å². The fourth-order valence-electron chi connectivity index (χ4n) is 3.61. The Morgan fingerprint density at radius 2 is 1.38 bits per heavy atom. The van der Waals surface area contributed by atoms with Gasteiger partial charge in [0.2, 0.25) is 0 Å². The van der Waals surface area contributed by atoms with E-state index in [9.17, 15) is 0 Å². The zero-order valence-electron chi connectivity index (χ0n) is 19.6. The van der Waals surface area contributed by atoms with Gasteiger partial charge in [-0.25, -0.2) is 0 Å². The summed E-state index contributed by atoms with van der Waals surface area (Å²) in [5.74, 6) is 3.63. The summed E-state index contributed by atoms with van der Waals surface area (Å²) in [6.45, 7) is 16.2. The van der Waals surface area contributed by atoms with Crippen LogP contribution in [0.15, 0.2) is 0 Å². The van der Waals surface area contributed by atoms with Crippen molar-refractivity contribution in [1.29, 1.82) is 0 Å². The molecule has 5 atom stereocenters. The zero-order chi connectivity index (χ0) is 20.3. The topological polar surface area (TPSA) is 9.72 Å². The third-order valence-corrected chi connectivity index (χ3v) is 7.35. The van der Waals surface area contributed by atoms with Crippen molar-refractivity contribution in [2.75, 3.05) is 39.3 Å². The van der Waals surface area contributed by atoms with Crippen molar-refractivity contribution in [2.45, 2.75) is 98.3 Å². The van der Waals surface area contributed by atoms with Crippen LogP contribution in [0.4, 0.5) is 0 Å². The van der Waals surface area contributed by atoms with E-state index in [1.807, 2.05) is 39.5 Å². The van der Waals surface area contributed by atoms with Gasteiger partial charge in [-0.2, -0.15) is 0 Å². The highest BCUT2D eigenvalue weighted by molar-refractivity contribution is 7.99. The van der Waals surface area contributed by atoms with E-state index in [1.165, 1.54) is 43.9 Å². The summed E-state index contributed by atoms with van der Waals surface area (Å²) in [4.78, 5) is 7.29. The smallest absolute Gasteiger partial charge is 0.0444 e. The molecule has 4 heteroatoms. The zero-order valence-corrected chi connectivity index (χ0v) is 20.4. The van der Waals surface area contributed by atoms with E-state index in [0.717, 1.165) is 30.1 Å². The third-order valence-electron chi connectivity index (χ3n) is 6.04. The van der Waals surface area contributed by atoms with Crippen LogP contribution in [0, 0.1) is 5.92 Å². The molecule has 3 heterocycles. The molecule has 1 aliphatic carbocycles. The molecule has 3 saturated heterocycles. The molecular formula is C22H49N3S. The van der Waals surface area contributed by atoms with E-state index >= 15 is 0 Å². The number of hydrogen-bond acceptors (Lipinski definition) is 4. The molecule has 0 spiro atoms. The fourth-order valence-corrected chi connectivity index (χ4v) is 4.86. The Hall–Kier alpha value is 0.230. The average molecular weight is 388 g/mol. The summed E-state index contributed by atoms with van der Waals surface area (Å²) < 4.78 is 0. The molecule has 1 saturated carbocycles. The molecule has 0 aromatic carbocycles. The maximum atomic E-state index is 2.52. The van der Waals surface area contributed by atoms with E-state index in [1.54, 1.807) is 0 Å². The second-order valence-corrected chi connectivity index (χ2v) is 8.89. The highest BCUT2D eigenvalue weighted by atomic mass is 32.2. The number of rotatable bonds is 0. The van der Waals surface area contributed by atoms with Crippen LogP contribution in [0.3, 0.4) is 0 Å². The molecule has 4 fully saturated rings. The highest BCUT2D eigenvalue weighted by Gasteiger charge is 2.48. The summed E-state index contributed by atoms with van der Waals surface area (Å²) in [5, 5.41) is 0. The lowest BCUT2D eigenvalue weighted by Gasteiger charge is -2.17. The van der Waals surface area contributed by atoms with Gasteiger partial charge in [0.25, 0.3) is 0 Å². The number of fused-ring (bicyclic) bond motifs is 1. The van der Waals surface area contributed by atoms with Crippen LogP contribution in [0.1, 0.15) is 74.1 Å². The Balaban J connectivity index is 0.000000330. The minimum atomic E-state index is 0.810. The van der Waals surface area contributed by atoms with Crippen molar-refractivity contribution < 1.29 is 0 Å². The summed E-state index contributed by atoms with van der Waals surface area (Å²) in [6, 6.07) is 3.52. The lowest BCUT2D eigenvalue weighted by Crippen LogP contribution is -2.25. The van der Waals surface area contributed by atoms with Crippen LogP contribution in [0.2, 0.25) is 0 Å². The van der Waals surface area contributed by atoms with Gasteiger partial charge in [-0.3, -0.25) is 4.90 Å². The number of nitrogens with zero attached hydrogens (tertiary/aromatic N) is 3. The standard InChI is InChI=1S/C7H13N.C6H13N.C5H11NS.2C2H6/c1-5-3-6-4-7(6)8(5)2;1-6-4-3-5-7(6)2;1-5-3-7-4-6(5)2;2*1-2/h5-7H,3-4H2,1-2H3;6H,3-5H2,1-2H3;5H,3-4H2,1-2H3;2*1-2H3/t5-,6-,7+;6-;5-;;/m111../s1. The van der Waals surface area contributed by atoms with Crippen molar-refractivity contribution in [1.82, 2.24) is 14.7 Å². The predicted molar refractivity (Wildman–Crippen MR) is 122 cm³/mol. The summed E-state index contributed by atoms with van der Waals surface area (Å²) >= 11 is 2.02. The monoisotopic (exact) mass is 387 g/mol. The summed E-state index contributed by atoms with van der Waals surface area (Å²) in [5.41, 5.74) is 0. The second kappa shape index (κ2) is 14.3. The first-order chi connectivity index (χ1) is 12.4. The largest absolute Gasteiger partial charge is 0.304 e. The van der Waals surface area contributed by atoms with Gasteiger partial charge in [0.15, 0.2) is 0 Å². The van der Waals surface area contributed by atoms with Crippen molar-refractivity contribution in [3.63, 3.8) is 0 Å². The molecule has 0 bridgehead atoms. The molecule has 0 N–H and O–H groups in total. The third kappa shape index (κ3) is 8.95. The van der Waals surface area contributed by atoms with E-state index < -0.39 is 0 Å². The van der Waals surface area contributed by atoms with Gasteiger partial charge in [-0.05, 0) is 80.1 Å². The van der Waals surface area contributed by atoms with Crippen LogP contribution in [-0.2, 0) is 0 Å². The molecule has 3 nitrogen and oxygen atoms in total. The Morgan fingerprint density at radius 1 is 0.769 bits per heavy atom. The molecule has 158 valence electrons. The quantitative estimate of drug-likeness (QED) is 0.560. The number of likely N-dealkylation sites (tertiary alicyclic amines) is 2. The minimum Gasteiger partial charge on any atom is -0.304 e. The van der Waals surface area contributed by atoms with Gasteiger partial charge in [0, 0.05) is 35.8 Å². The van der Waals surface area contributed by atoms with Crippen molar-refractivity contribution in [3.05, 3.63) is 0 Å². The fraction of sp³-hybridized carbons (Fsp3) is 1.00. The molecule has 3 aliphatic heterocycles. The van der Waals surface area contributed by atoms with Crippen LogP contribution in [-0.4, -0.2) is 78.2 Å². The molecule has 26 heavy (non-hydrogen) atoms. The van der Waals surface area contributed by atoms with E-state index in [4.69, 9.17) is 0 Å². The lowest BCUT2D eigenvalue weighted by molar-refractivity contribution is 0.286. The van der Waals surface area contributed by atoms with Gasteiger partial charge >= 0.3 is 0 Å². The van der Waals surface area contributed by atoms with Gasteiger partial charge in [-0.15, -0.1) is 11.8 Å². The Labute approximate surface area is 170 Å². The SMILES string of the molecule is CC.CC.C[C@@H]1CCCN1C.C[C@@H]1CSCN1C.C[C@@H]1C[C@@H]2C[C@@H]2N1C. The summed E-state index contributed by atoms with van der Waals surface area (Å²) in [7, 11) is 6.62. The van der Waals surface area contributed by atoms with Crippen LogP contribution in [0.25, 0.3) is 0 Å². The van der Waals surface area contributed by atoms with E-state index in [-0.39, 0.29) is 0 Å². The van der Waals surface area contributed by atoms with Gasteiger partial charge in [0.05, 0.1) is 0 Å². The lowest BCUT2D eigenvalue weighted by atomic mass is 10.2. The predicted octanol–water partition coefficient (Wildman–Crippen LogP) is 5.26.